The number of anilines is 1. The van der Waals surface area contributed by atoms with Crippen LogP contribution in [0.25, 0.3) is 11.1 Å². The lowest BCUT2D eigenvalue weighted by Crippen LogP contribution is -2.37. The van der Waals surface area contributed by atoms with E-state index in [0.29, 0.717) is 24.2 Å². The van der Waals surface area contributed by atoms with E-state index in [1.165, 1.54) is 26.7 Å². The average molecular weight is 380 g/mol. The fourth-order valence-electron chi connectivity index (χ4n) is 3.04. The number of carbonyl (C=O) groups is 1. The van der Waals surface area contributed by atoms with E-state index in [9.17, 15) is 9.90 Å². The van der Waals surface area contributed by atoms with Crippen molar-refractivity contribution in [2.24, 2.45) is 5.92 Å². The number of oxazole rings is 1. The molecule has 1 fully saturated rings. The van der Waals surface area contributed by atoms with Crippen LogP contribution in [0.2, 0.25) is 0 Å². The molecule has 1 N–H and O–H groups in total. The highest BCUT2D eigenvalue weighted by Gasteiger charge is 2.29. The Kier molecular flexibility index (Phi) is 4.71. The Morgan fingerprint density at radius 2 is 1.93 bits per heavy atom. The molecule has 0 amide bonds. The van der Waals surface area contributed by atoms with Gasteiger partial charge < -0.3 is 19.2 Å². The van der Waals surface area contributed by atoms with Gasteiger partial charge in [0.2, 0.25) is 0 Å². The van der Waals surface area contributed by atoms with Crippen LogP contribution in [0.3, 0.4) is 0 Å². The van der Waals surface area contributed by atoms with Gasteiger partial charge in [-0.25, -0.2) is 4.79 Å². The minimum atomic E-state index is -1.27. The lowest BCUT2D eigenvalue weighted by Gasteiger charge is -2.23. The molecule has 6 heteroatoms. The predicted octanol–water partition coefficient (Wildman–Crippen LogP) is 4.49. The lowest BCUT2D eigenvalue weighted by atomic mass is 10.1. The molecular formula is C22H24N2O4. The van der Waals surface area contributed by atoms with Crippen molar-refractivity contribution in [3.63, 3.8) is 0 Å². The van der Waals surface area contributed by atoms with Crippen molar-refractivity contribution < 1.29 is 19.1 Å². The number of carboxylic acids is 1. The molecule has 0 bridgehead atoms. The Morgan fingerprint density at radius 1 is 1.21 bits per heavy atom. The van der Waals surface area contributed by atoms with Crippen LogP contribution in [0.15, 0.2) is 52.9 Å². The van der Waals surface area contributed by atoms with Crippen molar-refractivity contribution in [2.45, 2.75) is 38.8 Å². The van der Waals surface area contributed by atoms with Crippen LogP contribution in [-0.2, 0) is 11.3 Å². The van der Waals surface area contributed by atoms with Crippen molar-refractivity contribution in [2.75, 3.05) is 11.4 Å². The molecule has 1 aliphatic carbocycles. The van der Waals surface area contributed by atoms with Gasteiger partial charge in [0.1, 0.15) is 11.3 Å². The van der Waals surface area contributed by atoms with E-state index in [0.717, 1.165) is 23.2 Å². The van der Waals surface area contributed by atoms with Gasteiger partial charge in [0.25, 0.3) is 6.01 Å². The molecule has 146 valence electrons. The number of aliphatic carboxylic acids is 1. The second-order valence-electron chi connectivity index (χ2n) is 7.85. The summed E-state index contributed by atoms with van der Waals surface area (Å²) in [5.74, 6) is 0.226. The SMILES string of the molecule is CC(C)(Oc1ccc(CN(CC2CC2)c2nc3ccccc3o2)cc1)C(=O)O. The summed E-state index contributed by atoms with van der Waals surface area (Å²) in [7, 11) is 0. The third kappa shape index (κ3) is 4.11. The Morgan fingerprint density at radius 3 is 2.57 bits per heavy atom. The van der Waals surface area contributed by atoms with Gasteiger partial charge in [-0.15, -0.1) is 0 Å². The molecule has 0 radical (unpaired) electrons. The normalized spacial score (nSPS) is 14.2. The molecule has 6 nitrogen and oxygen atoms in total. The summed E-state index contributed by atoms with van der Waals surface area (Å²) in [5, 5.41) is 9.20. The van der Waals surface area contributed by atoms with Crippen molar-refractivity contribution in [1.29, 1.82) is 0 Å². The van der Waals surface area contributed by atoms with Gasteiger partial charge in [0.05, 0.1) is 0 Å². The molecule has 0 atom stereocenters. The van der Waals surface area contributed by atoms with Crippen LogP contribution in [0, 0.1) is 5.92 Å². The van der Waals surface area contributed by atoms with E-state index < -0.39 is 11.6 Å². The molecule has 2 aromatic carbocycles. The van der Waals surface area contributed by atoms with Crippen LogP contribution in [0.5, 0.6) is 5.75 Å². The van der Waals surface area contributed by atoms with Crippen LogP contribution < -0.4 is 9.64 Å². The van der Waals surface area contributed by atoms with Gasteiger partial charge in [-0.1, -0.05) is 24.3 Å². The Balaban J connectivity index is 1.51. The number of nitrogens with zero attached hydrogens (tertiary/aromatic N) is 2. The minimum Gasteiger partial charge on any atom is -0.478 e. The summed E-state index contributed by atoms with van der Waals surface area (Å²) in [4.78, 5) is 18.0. The summed E-state index contributed by atoms with van der Waals surface area (Å²) in [6, 6.07) is 15.9. The molecular weight excluding hydrogens is 356 g/mol. The first-order valence-electron chi connectivity index (χ1n) is 9.52. The number of ether oxygens (including phenoxy) is 1. The standard InChI is InChI=1S/C22H24N2O4/c1-22(2,20(25)26)28-17-11-9-16(10-12-17)14-24(13-15-7-8-15)21-23-18-5-3-4-6-19(18)27-21/h3-6,9-12,15H,7-8,13-14H2,1-2H3,(H,25,26). The smallest absolute Gasteiger partial charge is 0.347 e. The first-order chi connectivity index (χ1) is 13.4. The van der Waals surface area contributed by atoms with E-state index in [1.807, 2.05) is 36.4 Å². The maximum atomic E-state index is 11.2. The van der Waals surface area contributed by atoms with Crippen molar-refractivity contribution >= 4 is 23.1 Å². The molecule has 0 unspecified atom stereocenters. The fourth-order valence-corrected chi connectivity index (χ4v) is 3.04. The van der Waals surface area contributed by atoms with Gasteiger partial charge in [-0.3, -0.25) is 0 Å². The molecule has 0 aliphatic heterocycles. The number of benzene rings is 2. The van der Waals surface area contributed by atoms with E-state index in [1.54, 1.807) is 12.1 Å². The van der Waals surface area contributed by atoms with Crippen molar-refractivity contribution in [3.8, 4) is 5.75 Å². The zero-order valence-corrected chi connectivity index (χ0v) is 16.1. The summed E-state index contributed by atoms with van der Waals surface area (Å²) >= 11 is 0. The largest absolute Gasteiger partial charge is 0.478 e. The van der Waals surface area contributed by atoms with E-state index in [4.69, 9.17) is 9.15 Å². The summed E-state index contributed by atoms with van der Waals surface area (Å²) in [6.45, 7) is 4.66. The molecule has 4 rings (SSSR count). The summed E-state index contributed by atoms with van der Waals surface area (Å²) in [5.41, 5.74) is 1.47. The lowest BCUT2D eigenvalue weighted by molar-refractivity contribution is -0.152. The monoisotopic (exact) mass is 380 g/mol. The van der Waals surface area contributed by atoms with E-state index in [-0.39, 0.29) is 0 Å². The van der Waals surface area contributed by atoms with Gasteiger partial charge in [0.15, 0.2) is 11.2 Å². The second kappa shape index (κ2) is 7.19. The van der Waals surface area contributed by atoms with Gasteiger partial charge in [-0.05, 0) is 62.4 Å². The third-order valence-electron chi connectivity index (χ3n) is 4.91. The highest BCUT2D eigenvalue weighted by atomic mass is 16.5. The van der Waals surface area contributed by atoms with Crippen molar-refractivity contribution in [1.82, 2.24) is 4.98 Å². The highest BCUT2D eigenvalue weighted by molar-refractivity contribution is 5.76. The number of aromatic nitrogens is 1. The van der Waals surface area contributed by atoms with Gasteiger partial charge in [0, 0.05) is 13.1 Å². The van der Waals surface area contributed by atoms with Crippen molar-refractivity contribution in [3.05, 3.63) is 54.1 Å². The fraction of sp³-hybridized carbons (Fsp3) is 0.364. The van der Waals surface area contributed by atoms with Crippen LogP contribution in [0.1, 0.15) is 32.3 Å². The number of rotatable bonds is 8. The topological polar surface area (TPSA) is 75.8 Å². The van der Waals surface area contributed by atoms with Crippen LogP contribution in [-0.4, -0.2) is 28.2 Å². The zero-order valence-electron chi connectivity index (χ0n) is 16.1. The maximum absolute atomic E-state index is 11.2. The quantitative estimate of drug-likeness (QED) is 0.621. The third-order valence-corrected chi connectivity index (χ3v) is 4.91. The van der Waals surface area contributed by atoms with Crippen LogP contribution >= 0.6 is 0 Å². The Hall–Kier alpha value is -3.02. The minimum absolute atomic E-state index is 0.534. The summed E-state index contributed by atoms with van der Waals surface area (Å²) in [6.07, 6.45) is 2.49. The van der Waals surface area contributed by atoms with Crippen LogP contribution in [0.4, 0.5) is 6.01 Å². The zero-order chi connectivity index (χ0) is 19.7. The van der Waals surface area contributed by atoms with Gasteiger partial charge >= 0.3 is 5.97 Å². The maximum Gasteiger partial charge on any atom is 0.347 e. The number of hydrogen-bond acceptors (Lipinski definition) is 5. The Bertz CT molecular complexity index is 941. The van der Waals surface area contributed by atoms with Gasteiger partial charge in [-0.2, -0.15) is 4.98 Å². The average Bonchev–Trinajstić information content (AvgIpc) is 3.37. The molecule has 3 aromatic rings. The molecule has 1 aliphatic rings. The first-order valence-corrected chi connectivity index (χ1v) is 9.52. The number of para-hydroxylation sites is 2. The molecule has 1 saturated carbocycles. The number of hydrogen-bond donors (Lipinski definition) is 1. The molecule has 1 aromatic heterocycles. The van der Waals surface area contributed by atoms with E-state index in [2.05, 4.69) is 9.88 Å². The first kappa shape index (κ1) is 18.3. The number of fused-ring (bicyclic) bond motifs is 1. The number of carboxylic acid groups (broad SMARTS) is 1. The summed E-state index contributed by atoms with van der Waals surface area (Å²) < 4.78 is 11.6. The molecule has 28 heavy (non-hydrogen) atoms. The predicted molar refractivity (Wildman–Crippen MR) is 107 cm³/mol. The molecule has 0 spiro atoms. The second-order valence-corrected chi connectivity index (χ2v) is 7.85. The molecule has 0 saturated heterocycles. The van der Waals surface area contributed by atoms with E-state index >= 15 is 0 Å². The highest BCUT2D eigenvalue weighted by Crippen LogP contribution is 2.33. The molecule has 1 heterocycles. The Labute approximate surface area is 163 Å².